The molecule has 1 aliphatic rings. The largest absolute Gasteiger partial charge is 0.493 e. The number of benzene rings is 2. The predicted molar refractivity (Wildman–Crippen MR) is 114 cm³/mol. The molecule has 0 radical (unpaired) electrons. The van der Waals surface area contributed by atoms with E-state index in [1.54, 1.807) is 7.11 Å². The van der Waals surface area contributed by atoms with Gasteiger partial charge in [0.2, 0.25) is 0 Å². The molecule has 0 atom stereocenters. The molecule has 2 aromatic carbocycles. The Kier molecular flexibility index (Phi) is 7.82. The first-order valence-electron chi connectivity index (χ1n) is 9.31. The first-order chi connectivity index (χ1) is 13.2. The van der Waals surface area contributed by atoms with Gasteiger partial charge in [-0.1, -0.05) is 39.7 Å². The Morgan fingerprint density at radius 3 is 2.74 bits per heavy atom. The SMILES string of the molecule is COc1cc(CNCC2CCNCC2)c(Br)cc1OCc1cccc(Cl)c1. The quantitative estimate of drug-likeness (QED) is 0.604. The number of hydrogen-bond acceptors (Lipinski definition) is 4. The molecule has 0 bridgehead atoms. The van der Waals surface area contributed by atoms with Crippen molar-refractivity contribution in [3.05, 3.63) is 57.0 Å². The molecule has 0 amide bonds. The normalized spacial score (nSPS) is 14.9. The summed E-state index contributed by atoms with van der Waals surface area (Å²) in [5.41, 5.74) is 2.18. The lowest BCUT2D eigenvalue weighted by Crippen LogP contribution is -2.33. The van der Waals surface area contributed by atoms with Crippen molar-refractivity contribution in [2.45, 2.75) is 26.0 Å². The zero-order chi connectivity index (χ0) is 19.1. The van der Waals surface area contributed by atoms with E-state index in [0.29, 0.717) is 17.4 Å². The smallest absolute Gasteiger partial charge is 0.162 e. The Balaban J connectivity index is 1.60. The van der Waals surface area contributed by atoms with E-state index in [-0.39, 0.29) is 0 Å². The van der Waals surface area contributed by atoms with Crippen molar-refractivity contribution in [3.63, 3.8) is 0 Å². The standard InChI is InChI=1S/C21H26BrClN2O2/c1-26-20-10-17(13-25-12-15-5-7-24-8-6-15)19(22)11-21(20)27-14-16-3-2-4-18(23)9-16/h2-4,9-11,15,24-25H,5-8,12-14H2,1H3. The summed E-state index contributed by atoms with van der Waals surface area (Å²) in [4.78, 5) is 0. The fraction of sp³-hybridized carbons (Fsp3) is 0.429. The Morgan fingerprint density at radius 2 is 2.00 bits per heavy atom. The summed E-state index contributed by atoms with van der Waals surface area (Å²) < 4.78 is 12.5. The van der Waals surface area contributed by atoms with Gasteiger partial charge in [0.15, 0.2) is 11.5 Å². The average molecular weight is 454 g/mol. The fourth-order valence-corrected chi connectivity index (χ4v) is 3.95. The number of ether oxygens (including phenoxy) is 2. The van der Waals surface area contributed by atoms with Gasteiger partial charge in [-0.05, 0) is 73.8 Å². The van der Waals surface area contributed by atoms with Crippen molar-refractivity contribution in [2.24, 2.45) is 5.92 Å². The summed E-state index contributed by atoms with van der Waals surface area (Å²) in [5.74, 6) is 2.21. The summed E-state index contributed by atoms with van der Waals surface area (Å²) in [5, 5.41) is 7.69. The predicted octanol–water partition coefficient (Wildman–Crippen LogP) is 4.78. The molecule has 1 saturated heterocycles. The van der Waals surface area contributed by atoms with Gasteiger partial charge < -0.3 is 20.1 Å². The molecule has 27 heavy (non-hydrogen) atoms. The zero-order valence-electron chi connectivity index (χ0n) is 15.6. The summed E-state index contributed by atoms with van der Waals surface area (Å²) in [7, 11) is 1.67. The average Bonchev–Trinajstić information content (AvgIpc) is 2.68. The monoisotopic (exact) mass is 452 g/mol. The Morgan fingerprint density at radius 1 is 1.19 bits per heavy atom. The van der Waals surface area contributed by atoms with Gasteiger partial charge in [0.1, 0.15) is 6.61 Å². The van der Waals surface area contributed by atoms with E-state index in [0.717, 1.165) is 53.4 Å². The number of methoxy groups -OCH3 is 1. The molecular weight excluding hydrogens is 428 g/mol. The number of rotatable bonds is 8. The second-order valence-corrected chi connectivity index (χ2v) is 8.13. The van der Waals surface area contributed by atoms with Crippen molar-refractivity contribution >= 4 is 27.5 Å². The Bertz CT molecular complexity index is 751. The molecule has 0 spiro atoms. The molecule has 0 unspecified atom stereocenters. The molecule has 0 aromatic heterocycles. The second kappa shape index (κ2) is 10.3. The van der Waals surface area contributed by atoms with Crippen LogP contribution in [-0.2, 0) is 13.2 Å². The molecule has 6 heteroatoms. The highest BCUT2D eigenvalue weighted by Gasteiger charge is 2.14. The highest BCUT2D eigenvalue weighted by Crippen LogP contribution is 2.34. The first kappa shape index (κ1) is 20.5. The Labute approximate surface area is 174 Å². The van der Waals surface area contributed by atoms with Crippen LogP contribution in [0.2, 0.25) is 5.02 Å². The van der Waals surface area contributed by atoms with Gasteiger partial charge in [-0.15, -0.1) is 0 Å². The van der Waals surface area contributed by atoms with Crippen molar-refractivity contribution in [3.8, 4) is 11.5 Å². The van der Waals surface area contributed by atoms with Crippen LogP contribution in [-0.4, -0.2) is 26.7 Å². The van der Waals surface area contributed by atoms with Crippen LogP contribution >= 0.6 is 27.5 Å². The molecule has 146 valence electrons. The molecule has 2 N–H and O–H groups in total. The first-order valence-corrected chi connectivity index (χ1v) is 10.5. The maximum Gasteiger partial charge on any atom is 0.162 e. The van der Waals surface area contributed by atoms with Crippen molar-refractivity contribution in [2.75, 3.05) is 26.7 Å². The lowest BCUT2D eigenvalue weighted by molar-refractivity contribution is 0.284. The maximum absolute atomic E-state index is 6.04. The van der Waals surface area contributed by atoms with Gasteiger partial charge in [-0.2, -0.15) is 0 Å². The van der Waals surface area contributed by atoms with Crippen LogP contribution in [0.5, 0.6) is 11.5 Å². The van der Waals surface area contributed by atoms with E-state index in [9.17, 15) is 0 Å². The van der Waals surface area contributed by atoms with Crippen LogP contribution in [0.25, 0.3) is 0 Å². The van der Waals surface area contributed by atoms with Gasteiger partial charge in [-0.25, -0.2) is 0 Å². The number of hydrogen-bond donors (Lipinski definition) is 2. The molecule has 2 aromatic rings. The summed E-state index contributed by atoms with van der Waals surface area (Å²) in [6, 6.07) is 11.7. The van der Waals surface area contributed by atoms with Crippen LogP contribution in [0.15, 0.2) is 40.9 Å². The van der Waals surface area contributed by atoms with Gasteiger partial charge in [0, 0.05) is 16.0 Å². The van der Waals surface area contributed by atoms with Gasteiger partial charge in [0.25, 0.3) is 0 Å². The number of piperidine rings is 1. The van der Waals surface area contributed by atoms with E-state index < -0.39 is 0 Å². The van der Waals surface area contributed by atoms with Crippen LogP contribution in [0, 0.1) is 5.92 Å². The number of nitrogens with one attached hydrogen (secondary N) is 2. The maximum atomic E-state index is 6.04. The minimum atomic E-state index is 0.441. The molecule has 1 heterocycles. The fourth-order valence-electron chi connectivity index (χ4n) is 3.27. The third-order valence-electron chi connectivity index (χ3n) is 4.82. The summed E-state index contributed by atoms with van der Waals surface area (Å²) >= 11 is 9.71. The topological polar surface area (TPSA) is 42.5 Å². The lowest BCUT2D eigenvalue weighted by Gasteiger charge is -2.23. The minimum Gasteiger partial charge on any atom is -0.493 e. The van der Waals surface area contributed by atoms with E-state index in [2.05, 4.69) is 26.6 Å². The molecular formula is C21H26BrClN2O2. The third-order valence-corrected chi connectivity index (χ3v) is 5.80. The van der Waals surface area contributed by atoms with E-state index in [1.165, 1.54) is 12.8 Å². The molecule has 3 rings (SSSR count). The molecule has 1 aliphatic heterocycles. The zero-order valence-corrected chi connectivity index (χ0v) is 17.9. The number of halogens is 2. The van der Waals surface area contributed by atoms with E-state index >= 15 is 0 Å². The summed E-state index contributed by atoms with van der Waals surface area (Å²) in [6.07, 6.45) is 2.49. The van der Waals surface area contributed by atoms with Crippen molar-refractivity contribution in [1.29, 1.82) is 0 Å². The summed E-state index contributed by atoms with van der Waals surface area (Å²) in [6.45, 7) is 4.54. The minimum absolute atomic E-state index is 0.441. The highest BCUT2D eigenvalue weighted by molar-refractivity contribution is 9.10. The molecule has 4 nitrogen and oxygen atoms in total. The Hall–Kier alpha value is -1.27. The molecule has 0 aliphatic carbocycles. The van der Waals surface area contributed by atoms with E-state index in [4.69, 9.17) is 21.1 Å². The lowest BCUT2D eigenvalue weighted by atomic mass is 9.98. The van der Waals surface area contributed by atoms with Crippen molar-refractivity contribution < 1.29 is 9.47 Å². The van der Waals surface area contributed by atoms with Gasteiger partial charge in [-0.3, -0.25) is 0 Å². The second-order valence-electron chi connectivity index (χ2n) is 6.84. The van der Waals surface area contributed by atoms with E-state index in [1.807, 2.05) is 36.4 Å². The van der Waals surface area contributed by atoms with Crippen LogP contribution in [0.4, 0.5) is 0 Å². The van der Waals surface area contributed by atoms with Crippen molar-refractivity contribution in [1.82, 2.24) is 10.6 Å². The molecule has 0 saturated carbocycles. The van der Waals surface area contributed by atoms with Gasteiger partial charge >= 0.3 is 0 Å². The third kappa shape index (κ3) is 6.11. The highest BCUT2D eigenvalue weighted by atomic mass is 79.9. The van der Waals surface area contributed by atoms with Gasteiger partial charge in [0.05, 0.1) is 7.11 Å². The molecule has 1 fully saturated rings. The van der Waals surface area contributed by atoms with Crippen LogP contribution in [0.3, 0.4) is 0 Å². The van der Waals surface area contributed by atoms with Crippen LogP contribution in [0.1, 0.15) is 24.0 Å². The van der Waals surface area contributed by atoms with Crippen LogP contribution < -0.4 is 20.1 Å².